The van der Waals surface area contributed by atoms with Crippen molar-refractivity contribution in [1.82, 2.24) is 25.0 Å². The molecule has 0 bridgehead atoms. The predicted octanol–water partition coefficient (Wildman–Crippen LogP) is 0.0116. The summed E-state index contributed by atoms with van der Waals surface area (Å²) in [6, 6.07) is 0. The lowest BCUT2D eigenvalue weighted by molar-refractivity contribution is 0.225. The third-order valence-electron chi connectivity index (χ3n) is 2.90. The van der Waals surface area contributed by atoms with E-state index in [1.807, 2.05) is 6.92 Å². The Morgan fingerprint density at radius 3 is 2.67 bits per heavy atom. The second kappa shape index (κ2) is 4.72. The van der Waals surface area contributed by atoms with Gasteiger partial charge in [-0.3, -0.25) is 4.90 Å². The lowest BCUT2D eigenvalue weighted by Gasteiger charge is -2.26. The normalized spacial score (nSPS) is 18.3. The molecule has 1 aromatic heterocycles. The van der Waals surface area contributed by atoms with Crippen LogP contribution >= 0.6 is 0 Å². The molecule has 1 aliphatic heterocycles. The molecule has 0 spiro atoms. The van der Waals surface area contributed by atoms with Crippen LogP contribution in [0.2, 0.25) is 0 Å². The van der Waals surface area contributed by atoms with Gasteiger partial charge in [-0.05, 0) is 13.8 Å². The molecule has 5 heteroatoms. The van der Waals surface area contributed by atoms with Gasteiger partial charge in [0, 0.05) is 32.7 Å². The van der Waals surface area contributed by atoms with Crippen molar-refractivity contribution in [2.75, 3.05) is 26.2 Å². The summed E-state index contributed by atoms with van der Waals surface area (Å²) in [4.78, 5) is 2.42. The Morgan fingerprint density at radius 2 is 2.00 bits per heavy atom. The van der Waals surface area contributed by atoms with E-state index in [1.54, 1.807) is 0 Å². The van der Waals surface area contributed by atoms with Crippen LogP contribution in [-0.4, -0.2) is 45.8 Å². The van der Waals surface area contributed by atoms with E-state index in [-0.39, 0.29) is 0 Å². The monoisotopic (exact) mass is 209 g/mol. The van der Waals surface area contributed by atoms with Gasteiger partial charge in [0.2, 0.25) is 0 Å². The Hall–Kier alpha value is -0.940. The second-order valence-corrected chi connectivity index (χ2v) is 3.93. The van der Waals surface area contributed by atoms with E-state index in [0.29, 0.717) is 0 Å². The van der Waals surface area contributed by atoms with Crippen LogP contribution in [0.1, 0.15) is 18.6 Å². The summed E-state index contributed by atoms with van der Waals surface area (Å²) in [7, 11) is 0. The molecule has 0 aliphatic carbocycles. The molecule has 0 saturated carbocycles. The first kappa shape index (κ1) is 10.6. The minimum atomic E-state index is 0.927. The van der Waals surface area contributed by atoms with Gasteiger partial charge in [0.15, 0.2) is 0 Å². The molecule has 2 rings (SSSR count). The molecule has 0 radical (unpaired) electrons. The number of piperazine rings is 1. The fraction of sp³-hybridized carbons (Fsp3) is 0.800. The van der Waals surface area contributed by atoms with E-state index in [2.05, 4.69) is 31.9 Å². The minimum Gasteiger partial charge on any atom is -0.314 e. The van der Waals surface area contributed by atoms with Gasteiger partial charge in [-0.1, -0.05) is 0 Å². The highest BCUT2D eigenvalue weighted by Crippen LogP contribution is 2.05. The zero-order chi connectivity index (χ0) is 10.7. The van der Waals surface area contributed by atoms with Gasteiger partial charge in [-0.15, -0.1) is 10.2 Å². The SMILES string of the molecule is CCn1c(C)nnc1CN1CCNCC1. The first-order valence-corrected chi connectivity index (χ1v) is 5.63. The summed E-state index contributed by atoms with van der Waals surface area (Å²) in [6.45, 7) is 10.4. The van der Waals surface area contributed by atoms with Crippen molar-refractivity contribution in [3.63, 3.8) is 0 Å². The molecule has 1 aromatic rings. The van der Waals surface area contributed by atoms with E-state index in [1.165, 1.54) is 0 Å². The molecule has 0 amide bonds. The van der Waals surface area contributed by atoms with Crippen molar-refractivity contribution < 1.29 is 0 Å². The smallest absolute Gasteiger partial charge is 0.147 e. The zero-order valence-electron chi connectivity index (χ0n) is 9.53. The van der Waals surface area contributed by atoms with Crippen LogP contribution < -0.4 is 5.32 Å². The van der Waals surface area contributed by atoms with Crippen LogP contribution in [-0.2, 0) is 13.1 Å². The largest absolute Gasteiger partial charge is 0.314 e. The number of aromatic nitrogens is 3. The Balaban J connectivity index is 2.02. The molecule has 0 unspecified atom stereocenters. The zero-order valence-corrected chi connectivity index (χ0v) is 9.53. The van der Waals surface area contributed by atoms with Crippen LogP contribution in [0, 0.1) is 6.92 Å². The molecule has 1 fully saturated rings. The molecule has 0 aromatic carbocycles. The number of nitrogens with zero attached hydrogens (tertiary/aromatic N) is 4. The Morgan fingerprint density at radius 1 is 1.27 bits per heavy atom. The summed E-state index contributed by atoms with van der Waals surface area (Å²) in [5.74, 6) is 2.11. The number of hydrogen-bond donors (Lipinski definition) is 1. The number of aryl methyl sites for hydroxylation is 1. The van der Waals surface area contributed by atoms with Gasteiger partial charge in [0.25, 0.3) is 0 Å². The highest BCUT2D eigenvalue weighted by atomic mass is 15.3. The van der Waals surface area contributed by atoms with E-state index in [0.717, 1.165) is 50.9 Å². The van der Waals surface area contributed by atoms with E-state index >= 15 is 0 Å². The Kier molecular flexibility index (Phi) is 3.33. The quantitative estimate of drug-likeness (QED) is 0.762. The second-order valence-electron chi connectivity index (χ2n) is 3.93. The Labute approximate surface area is 90.5 Å². The first-order valence-electron chi connectivity index (χ1n) is 5.63. The highest BCUT2D eigenvalue weighted by molar-refractivity contribution is 4.94. The summed E-state index contributed by atoms with van der Waals surface area (Å²) in [5, 5.41) is 11.7. The van der Waals surface area contributed by atoms with Crippen molar-refractivity contribution >= 4 is 0 Å². The molecular weight excluding hydrogens is 190 g/mol. The lowest BCUT2D eigenvalue weighted by atomic mass is 10.3. The van der Waals surface area contributed by atoms with Crippen molar-refractivity contribution in [1.29, 1.82) is 0 Å². The molecule has 0 atom stereocenters. The number of hydrogen-bond acceptors (Lipinski definition) is 4. The van der Waals surface area contributed by atoms with Gasteiger partial charge in [0.05, 0.1) is 6.54 Å². The molecular formula is C10H19N5. The average Bonchev–Trinajstić information content (AvgIpc) is 2.61. The fourth-order valence-electron chi connectivity index (χ4n) is 2.02. The average molecular weight is 209 g/mol. The van der Waals surface area contributed by atoms with Crippen molar-refractivity contribution in [3.8, 4) is 0 Å². The van der Waals surface area contributed by atoms with Gasteiger partial charge in [-0.25, -0.2) is 0 Å². The summed E-state index contributed by atoms with van der Waals surface area (Å²) < 4.78 is 2.18. The highest BCUT2D eigenvalue weighted by Gasteiger charge is 2.14. The lowest BCUT2D eigenvalue weighted by Crippen LogP contribution is -2.43. The Bertz CT molecular complexity index is 314. The fourth-order valence-corrected chi connectivity index (χ4v) is 2.02. The van der Waals surface area contributed by atoms with E-state index in [9.17, 15) is 0 Å². The van der Waals surface area contributed by atoms with Crippen molar-refractivity contribution in [2.45, 2.75) is 26.9 Å². The maximum Gasteiger partial charge on any atom is 0.147 e. The third-order valence-corrected chi connectivity index (χ3v) is 2.90. The number of nitrogens with one attached hydrogen (secondary N) is 1. The minimum absolute atomic E-state index is 0.927. The van der Waals surface area contributed by atoms with Gasteiger partial charge in [0.1, 0.15) is 11.6 Å². The molecule has 15 heavy (non-hydrogen) atoms. The molecule has 2 heterocycles. The predicted molar refractivity (Wildman–Crippen MR) is 58.6 cm³/mol. The summed E-state index contributed by atoms with van der Waals surface area (Å²) in [5.41, 5.74) is 0. The maximum absolute atomic E-state index is 4.23. The van der Waals surface area contributed by atoms with Crippen LogP contribution in [0.3, 0.4) is 0 Å². The summed E-state index contributed by atoms with van der Waals surface area (Å²) in [6.07, 6.45) is 0. The topological polar surface area (TPSA) is 46.0 Å². The molecule has 1 saturated heterocycles. The first-order chi connectivity index (χ1) is 7.31. The maximum atomic E-state index is 4.23. The molecule has 5 nitrogen and oxygen atoms in total. The van der Waals surface area contributed by atoms with Crippen LogP contribution in [0.25, 0.3) is 0 Å². The third kappa shape index (κ3) is 2.35. The number of rotatable bonds is 3. The molecule has 84 valence electrons. The van der Waals surface area contributed by atoms with Crippen molar-refractivity contribution in [2.24, 2.45) is 0 Å². The standard InChI is InChI=1S/C10H19N5/c1-3-15-9(2)12-13-10(15)8-14-6-4-11-5-7-14/h11H,3-8H2,1-2H3. The molecule has 1 N–H and O–H groups in total. The van der Waals surface area contributed by atoms with Crippen LogP contribution in [0.4, 0.5) is 0 Å². The molecule has 1 aliphatic rings. The summed E-state index contributed by atoms with van der Waals surface area (Å²) >= 11 is 0. The van der Waals surface area contributed by atoms with E-state index in [4.69, 9.17) is 0 Å². The van der Waals surface area contributed by atoms with Gasteiger partial charge in [-0.2, -0.15) is 0 Å². The van der Waals surface area contributed by atoms with Crippen molar-refractivity contribution in [3.05, 3.63) is 11.6 Å². The van der Waals surface area contributed by atoms with E-state index < -0.39 is 0 Å². The van der Waals surface area contributed by atoms with Gasteiger partial charge < -0.3 is 9.88 Å². The van der Waals surface area contributed by atoms with Gasteiger partial charge >= 0.3 is 0 Å². The van der Waals surface area contributed by atoms with Crippen LogP contribution in [0.15, 0.2) is 0 Å². The van der Waals surface area contributed by atoms with Crippen LogP contribution in [0.5, 0.6) is 0 Å².